The highest BCUT2D eigenvalue weighted by Crippen LogP contribution is 2.63. The van der Waals surface area contributed by atoms with Crippen molar-refractivity contribution in [1.82, 2.24) is 0 Å². The lowest BCUT2D eigenvalue weighted by Crippen LogP contribution is -2.63. The third-order valence-electron chi connectivity index (χ3n) is 4.38. The Morgan fingerprint density at radius 3 is 2.92 bits per heavy atom. The third-order valence-corrected chi connectivity index (χ3v) is 4.38. The van der Waals surface area contributed by atoms with Gasteiger partial charge in [-0.3, -0.25) is 0 Å². The van der Waals surface area contributed by atoms with Gasteiger partial charge < -0.3 is 9.84 Å². The lowest BCUT2D eigenvalue weighted by Gasteiger charge is -2.55. The second-order valence-corrected chi connectivity index (χ2v) is 5.05. The number of rotatable bonds is 3. The van der Waals surface area contributed by atoms with Gasteiger partial charge in [-0.1, -0.05) is 19.8 Å². The summed E-state index contributed by atoms with van der Waals surface area (Å²) in [6, 6.07) is 0. The van der Waals surface area contributed by atoms with Crippen LogP contribution in [-0.2, 0) is 4.74 Å². The Hall–Kier alpha value is -0.0800. The number of ether oxygens (including phenoxy) is 1. The number of aliphatic hydroxyl groups is 1. The van der Waals surface area contributed by atoms with E-state index in [-0.39, 0.29) is 17.8 Å². The first kappa shape index (κ1) is 8.25. The molecule has 1 saturated heterocycles. The van der Waals surface area contributed by atoms with E-state index in [4.69, 9.17) is 4.74 Å². The molecule has 0 aromatic rings. The summed E-state index contributed by atoms with van der Waals surface area (Å²) in [5.41, 5.74) is 0.227. The van der Waals surface area contributed by atoms with Gasteiger partial charge in [-0.05, 0) is 25.2 Å². The molecule has 3 rings (SSSR count). The van der Waals surface area contributed by atoms with E-state index in [2.05, 4.69) is 6.92 Å². The lowest BCUT2D eigenvalue weighted by molar-refractivity contribution is -0.290. The summed E-state index contributed by atoms with van der Waals surface area (Å²) in [4.78, 5) is 0. The number of hydrogen-bond donors (Lipinski definition) is 1. The van der Waals surface area contributed by atoms with Gasteiger partial charge in [0.25, 0.3) is 0 Å². The molecule has 2 saturated carbocycles. The standard InChI is InChI=1S/C11H18O2/c1-2-3-4-11-6-7-5-8(11)10(13-11)9(7)12/h7-10,12H,2-6H2,1H3/t7-,8-,9-,10+,11+/m1/s1. The van der Waals surface area contributed by atoms with Gasteiger partial charge in [-0.25, -0.2) is 0 Å². The van der Waals surface area contributed by atoms with Crippen molar-refractivity contribution >= 4 is 0 Å². The maximum absolute atomic E-state index is 9.74. The highest BCUT2D eigenvalue weighted by Gasteiger charge is 2.69. The van der Waals surface area contributed by atoms with Gasteiger partial charge in [0.05, 0.1) is 17.8 Å². The molecule has 2 heteroatoms. The smallest absolute Gasteiger partial charge is 0.0900 e. The predicted molar refractivity (Wildman–Crippen MR) is 49.3 cm³/mol. The number of aliphatic hydroxyl groups excluding tert-OH is 1. The highest BCUT2D eigenvalue weighted by molar-refractivity contribution is 5.17. The quantitative estimate of drug-likeness (QED) is 0.720. The molecule has 1 aliphatic heterocycles. The molecule has 74 valence electrons. The first-order valence-electron chi connectivity index (χ1n) is 5.63. The van der Waals surface area contributed by atoms with Gasteiger partial charge in [0.1, 0.15) is 0 Å². The van der Waals surface area contributed by atoms with Crippen molar-refractivity contribution in [1.29, 1.82) is 0 Å². The normalized spacial score (nSPS) is 56.8. The second-order valence-electron chi connectivity index (χ2n) is 5.05. The molecule has 2 nitrogen and oxygen atoms in total. The first-order valence-corrected chi connectivity index (χ1v) is 5.63. The van der Waals surface area contributed by atoms with Crippen molar-refractivity contribution in [3.05, 3.63) is 0 Å². The van der Waals surface area contributed by atoms with Crippen molar-refractivity contribution in [3.63, 3.8) is 0 Å². The molecular weight excluding hydrogens is 164 g/mol. The summed E-state index contributed by atoms with van der Waals surface area (Å²) in [5, 5.41) is 9.74. The predicted octanol–water partition coefficient (Wildman–Crippen LogP) is 1.71. The van der Waals surface area contributed by atoms with Crippen LogP contribution in [0.3, 0.4) is 0 Å². The third kappa shape index (κ3) is 0.861. The summed E-state index contributed by atoms with van der Waals surface area (Å²) in [6.07, 6.45) is 6.23. The monoisotopic (exact) mass is 182 g/mol. The Morgan fingerprint density at radius 1 is 1.54 bits per heavy atom. The molecule has 0 aromatic carbocycles. The summed E-state index contributed by atoms with van der Waals surface area (Å²) < 4.78 is 5.88. The Labute approximate surface area is 79.3 Å². The van der Waals surface area contributed by atoms with Crippen molar-refractivity contribution in [3.8, 4) is 0 Å². The van der Waals surface area contributed by atoms with Crippen LogP contribution in [0.25, 0.3) is 0 Å². The average molecular weight is 182 g/mol. The zero-order valence-corrected chi connectivity index (χ0v) is 8.20. The van der Waals surface area contributed by atoms with E-state index < -0.39 is 0 Å². The van der Waals surface area contributed by atoms with Crippen LogP contribution in [0.15, 0.2) is 0 Å². The highest BCUT2D eigenvalue weighted by atomic mass is 16.6. The lowest BCUT2D eigenvalue weighted by atomic mass is 9.72. The molecule has 0 amide bonds. The molecular formula is C11H18O2. The van der Waals surface area contributed by atoms with E-state index in [1.807, 2.05) is 0 Å². The van der Waals surface area contributed by atoms with Crippen LogP contribution in [0.5, 0.6) is 0 Å². The molecule has 3 aliphatic rings. The average Bonchev–Trinajstić information content (AvgIpc) is 2.51. The van der Waals surface area contributed by atoms with E-state index in [1.165, 1.54) is 25.7 Å². The molecule has 3 fully saturated rings. The van der Waals surface area contributed by atoms with Crippen LogP contribution >= 0.6 is 0 Å². The van der Waals surface area contributed by atoms with E-state index in [0.29, 0.717) is 11.8 Å². The molecule has 1 heterocycles. The molecule has 2 aliphatic carbocycles. The van der Waals surface area contributed by atoms with Crippen molar-refractivity contribution in [2.75, 3.05) is 0 Å². The van der Waals surface area contributed by atoms with Gasteiger partial charge >= 0.3 is 0 Å². The SMILES string of the molecule is CCCC[C@]12C[C@H]3C[C@@H]1[C@H](O2)[C@@H]3O. The van der Waals surface area contributed by atoms with E-state index in [1.54, 1.807) is 0 Å². The van der Waals surface area contributed by atoms with E-state index in [9.17, 15) is 5.11 Å². The number of hydrogen-bond acceptors (Lipinski definition) is 2. The topological polar surface area (TPSA) is 29.5 Å². The Balaban J connectivity index is 1.72. The summed E-state index contributed by atoms with van der Waals surface area (Å²) in [6.45, 7) is 2.23. The second kappa shape index (κ2) is 2.48. The molecule has 5 atom stereocenters. The summed E-state index contributed by atoms with van der Waals surface area (Å²) in [7, 11) is 0. The summed E-state index contributed by atoms with van der Waals surface area (Å²) >= 11 is 0. The fraction of sp³-hybridized carbons (Fsp3) is 1.00. The fourth-order valence-corrected chi connectivity index (χ4v) is 3.73. The molecule has 0 radical (unpaired) electrons. The fourth-order valence-electron chi connectivity index (χ4n) is 3.73. The van der Waals surface area contributed by atoms with Gasteiger partial charge in [-0.2, -0.15) is 0 Å². The van der Waals surface area contributed by atoms with Gasteiger partial charge in [0, 0.05) is 5.92 Å². The van der Waals surface area contributed by atoms with E-state index in [0.717, 1.165) is 6.42 Å². The maximum atomic E-state index is 9.74. The maximum Gasteiger partial charge on any atom is 0.0900 e. The van der Waals surface area contributed by atoms with Gasteiger partial charge in [-0.15, -0.1) is 0 Å². The van der Waals surface area contributed by atoms with Crippen molar-refractivity contribution in [2.24, 2.45) is 11.8 Å². The minimum Gasteiger partial charge on any atom is -0.390 e. The minimum atomic E-state index is -0.131. The van der Waals surface area contributed by atoms with Crippen molar-refractivity contribution in [2.45, 2.75) is 56.8 Å². The number of unbranched alkanes of at least 4 members (excludes halogenated alkanes) is 1. The van der Waals surface area contributed by atoms with Crippen LogP contribution in [0.4, 0.5) is 0 Å². The molecule has 13 heavy (non-hydrogen) atoms. The van der Waals surface area contributed by atoms with Crippen molar-refractivity contribution < 1.29 is 9.84 Å². The van der Waals surface area contributed by atoms with Gasteiger partial charge in [0.2, 0.25) is 0 Å². The Kier molecular flexibility index (Phi) is 1.58. The van der Waals surface area contributed by atoms with Crippen LogP contribution in [0.2, 0.25) is 0 Å². The summed E-state index contributed by atoms with van der Waals surface area (Å²) in [5.74, 6) is 1.28. The van der Waals surface area contributed by atoms with Crippen LogP contribution in [-0.4, -0.2) is 22.9 Å². The largest absolute Gasteiger partial charge is 0.390 e. The molecule has 0 spiro atoms. The zero-order chi connectivity index (χ0) is 9.05. The van der Waals surface area contributed by atoms with Gasteiger partial charge in [0.15, 0.2) is 0 Å². The first-order chi connectivity index (χ1) is 6.27. The minimum absolute atomic E-state index is 0.131. The molecule has 0 unspecified atom stereocenters. The number of fused-ring (bicyclic) bond motifs is 1. The van der Waals surface area contributed by atoms with E-state index >= 15 is 0 Å². The Morgan fingerprint density at radius 2 is 2.38 bits per heavy atom. The van der Waals surface area contributed by atoms with Crippen LogP contribution in [0, 0.1) is 11.8 Å². The molecule has 1 N–H and O–H groups in total. The molecule has 0 aromatic heterocycles. The molecule has 2 bridgehead atoms. The van der Waals surface area contributed by atoms with Crippen LogP contribution in [0.1, 0.15) is 39.0 Å². The Bertz CT molecular complexity index is 222. The zero-order valence-electron chi connectivity index (χ0n) is 8.20. The van der Waals surface area contributed by atoms with Crippen LogP contribution < -0.4 is 0 Å².